The summed E-state index contributed by atoms with van der Waals surface area (Å²) in [6.45, 7) is 0. The summed E-state index contributed by atoms with van der Waals surface area (Å²) in [6.07, 6.45) is -1.08. The fourth-order valence-electron chi connectivity index (χ4n) is 0.515. The van der Waals surface area contributed by atoms with Crippen molar-refractivity contribution in [2.45, 2.75) is 26.9 Å². The minimum absolute atomic E-state index is 0. The molecule has 86 valence electrons. The molecule has 0 aromatic rings. The van der Waals surface area contributed by atoms with E-state index in [1.807, 2.05) is 0 Å². The van der Waals surface area contributed by atoms with Gasteiger partial charge in [-0.15, -0.1) is 0 Å². The van der Waals surface area contributed by atoms with Crippen LogP contribution in [-0.2, 0) is 14.2 Å². The molecule has 7 nitrogen and oxygen atoms in total. The third kappa shape index (κ3) is 6.59. The van der Waals surface area contributed by atoms with E-state index in [0.717, 1.165) is 0 Å². The first kappa shape index (κ1) is 18.8. The van der Waals surface area contributed by atoms with Gasteiger partial charge in [-0.2, -0.15) is 0 Å². The standard InChI is InChI=1S/C4H7O7P.2CH4/c5-3(6)1-2(4(7)8)12(9,10)11;;/h2H,1H2,(H,5,6)(H,7,8)(H2,9,10,11);2*1H4. The van der Waals surface area contributed by atoms with Crippen LogP contribution in [0.5, 0.6) is 0 Å². The van der Waals surface area contributed by atoms with Crippen molar-refractivity contribution in [3.63, 3.8) is 0 Å². The van der Waals surface area contributed by atoms with E-state index in [1.165, 1.54) is 0 Å². The summed E-state index contributed by atoms with van der Waals surface area (Å²) in [5.41, 5.74) is -2.16. The van der Waals surface area contributed by atoms with Crippen LogP contribution in [0.15, 0.2) is 0 Å². The van der Waals surface area contributed by atoms with Crippen molar-refractivity contribution in [2.75, 3.05) is 0 Å². The van der Waals surface area contributed by atoms with E-state index in [1.54, 1.807) is 0 Å². The van der Waals surface area contributed by atoms with Gasteiger partial charge in [0.15, 0.2) is 5.66 Å². The Bertz CT molecular complexity index is 243. The molecule has 0 aliphatic carbocycles. The zero-order valence-corrected chi connectivity index (χ0v) is 6.64. The lowest BCUT2D eigenvalue weighted by atomic mass is 10.3. The van der Waals surface area contributed by atoms with Crippen molar-refractivity contribution in [3.8, 4) is 0 Å². The minimum atomic E-state index is -4.87. The average molecular weight is 230 g/mol. The van der Waals surface area contributed by atoms with Crippen molar-refractivity contribution in [1.82, 2.24) is 0 Å². The van der Waals surface area contributed by atoms with E-state index in [-0.39, 0.29) is 14.9 Å². The molecule has 0 bridgehead atoms. The minimum Gasteiger partial charge on any atom is -0.481 e. The number of aliphatic carboxylic acids is 2. The van der Waals surface area contributed by atoms with E-state index in [4.69, 9.17) is 20.0 Å². The number of hydrogen-bond donors (Lipinski definition) is 4. The summed E-state index contributed by atoms with van der Waals surface area (Å²) in [7, 11) is -4.87. The zero-order chi connectivity index (χ0) is 9.94. The molecular formula is C6H15O7P. The first-order valence-electron chi connectivity index (χ1n) is 2.75. The quantitative estimate of drug-likeness (QED) is 0.512. The van der Waals surface area contributed by atoms with E-state index in [2.05, 4.69) is 0 Å². The molecule has 0 amide bonds. The summed E-state index contributed by atoms with van der Waals surface area (Å²) < 4.78 is 10.4. The highest BCUT2D eigenvalue weighted by Gasteiger charge is 2.37. The van der Waals surface area contributed by atoms with Gasteiger partial charge in [-0.1, -0.05) is 14.9 Å². The first-order chi connectivity index (χ1) is 5.25. The van der Waals surface area contributed by atoms with Gasteiger partial charge in [0.2, 0.25) is 0 Å². The molecule has 0 saturated carbocycles. The number of carboxylic acid groups (broad SMARTS) is 2. The molecular weight excluding hydrogens is 215 g/mol. The largest absolute Gasteiger partial charge is 0.481 e. The Morgan fingerprint density at radius 1 is 1.14 bits per heavy atom. The molecule has 1 unspecified atom stereocenters. The van der Waals surface area contributed by atoms with E-state index in [9.17, 15) is 14.2 Å². The highest BCUT2D eigenvalue weighted by Crippen LogP contribution is 2.42. The van der Waals surface area contributed by atoms with Gasteiger partial charge in [-0.25, -0.2) is 0 Å². The van der Waals surface area contributed by atoms with Gasteiger partial charge in [-0.3, -0.25) is 14.2 Å². The number of carbonyl (C=O) groups is 2. The second kappa shape index (κ2) is 6.53. The summed E-state index contributed by atoms with van der Waals surface area (Å²) in [4.78, 5) is 36.8. The van der Waals surface area contributed by atoms with Crippen molar-refractivity contribution in [2.24, 2.45) is 0 Å². The molecule has 0 radical (unpaired) electrons. The predicted molar refractivity (Wildman–Crippen MR) is 49.2 cm³/mol. The smallest absolute Gasteiger partial charge is 0.340 e. The Morgan fingerprint density at radius 3 is 1.57 bits per heavy atom. The van der Waals surface area contributed by atoms with Crippen molar-refractivity contribution in [1.29, 1.82) is 0 Å². The second-order valence-corrected chi connectivity index (χ2v) is 3.84. The van der Waals surface area contributed by atoms with Crippen LogP contribution >= 0.6 is 7.60 Å². The Hall–Kier alpha value is -0.910. The summed E-state index contributed by atoms with van der Waals surface area (Å²) in [5, 5.41) is 16.3. The van der Waals surface area contributed by atoms with Gasteiger partial charge in [0.1, 0.15) is 0 Å². The van der Waals surface area contributed by atoms with Gasteiger partial charge in [0.25, 0.3) is 0 Å². The SMILES string of the molecule is C.C.O=C(O)CC(C(=O)O)P(=O)(O)O. The summed E-state index contributed by atoms with van der Waals surface area (Å²) in [6, 6.07) is 0. The zero-order valence-electron chi connectivity index (χ0n) is 5.75. The Morgan fingerprint density at radius 2 is 1.50 bits per heavy atom. The topological polar surface area (TPSA) is 132 Å². The highest BCUT2D eigenvalue weighted by molar-refractivity contribution is 7.53. The molecule has 0 rings (SSSR count). The van der Waals surface area contributed by atoms with Gasteiger partial charge in [0.05, 0.1) is 6.42 Å². The number of carboxylic acids is 2. The fraction of sp³-hybridized carbons (Fsp3) is 0.667. The monoisotopic (exact) mass is 230 g/mol. The molecule has 0 fully saturated rings. The van der Waals surface area contributed by atoms with Gasteiger partial charge >= 0.3 is 19.5 Å². The van der Waals surface area contributed by atoms with Crippen molar-refractivity contribution < 1.29 is 34.2 Å². The van der Waals surface area contributed by atoms with Crippen LogP contribution in [0.3, 0.4) is 0 Å². The van der Waals surface area contributed by atoms with Crippen LogP contribution in [0.1, 0.15) is 21.3 Å². The second-order valence-electron chi connectivity index (χ2n) is 2.04. The summed E-state index contributed by atoms with van der Waals surface area (Å²) in [5.74, 6) is -3.38. The molecule has 8 heteroatoms. The van der Waals surface area contributed by atoms with Crippen LogP contribution in [0.25, 0.3) is 0 Å². The molecule has 0 aromatic heterocycles. The van der Waals surface area contributed by atoms with Crippen LogP contribution in [0.2, 0.25) is 0 Å². The highest BCUT2D eigenvalue weighted by atomic mass is 31.2. The Balaban J connectivity index is -0.000000605. The molecule has 1 atom stereocenters. The molecule has 0 heterocycles. The van der Waals surface area contributed by atoms with Crippen LogP contribution < -0.4 is 0 Å². The van der Waals surface area contributed by atoms with Crippen molar-refractivity contribution >= 4 is 19.5 Å². The van der Waals surface area contributed by atoms with E-state index >= 15 is 0 Å². The maximum atomic E-state index is 10.4. The Labute approximate surface area is 81.5 Å². The van der Waals surface area contributed by atoms with E-state index < -0.39 is 31.6 Å². The molecule has 0 aliphatic rings. The predicted octanol–water partition coefficient (Wildman–Crippen LogP) is 0.364. The number of rotatable bonds is 4. The molecule has 0 spiro atoms. The lowest BCUT2D eigenvalue weighted by Gasteiger charge is -2.10. The summed E-state index contributed by atoms with van der Waals surface area (Å²) >= 11 is 0. The first-order valence-corrected chi connectivity index (χ1v) is 4.43. The molecule has 4 N–H and O–H groups in total. The van der Waals surface area contributed by atoms with Crippen LogP contribution in [0, 0.1) is 0 Å². The van der Waals surface area contributed by atoms with Gasteiger partial charge in [-0.05, 0) is 0 Å². The maximum absolute atomic E-state index is 10.4. The van der Waals surface area contributed by atoms with Crippen LogP contribution in [-0.4, -0.2) is 37.6 Å². The fourth-order valence-corrected chi connectivity index (χ4v) is 1.20. The van der Waals surface area contributed by atoms with E-state index in [0.29, 0.717) is 0 Å². The van der Waals surface area contributed by atoms with Gasteiger partial charge < -0.3 is 20.0 Å². The Kier molecular flexibility index (Phi) is 8.77. The van der Waals surface area contributed by atoms with Crippen molar-refractivity contribution in [3.05, 3.63) is 0 Å². The molecule has 0 aromatic carbocycles. The molecule has 0 aliphatic heterocycles. The van der Waals surface area contributed by atoms with Crippen LogP contribution in [0.4, 0.5) is 0 Å². The lowest BCUT2D eigenvalue weighted by Crippen LogP contribution is -2.23. The third-order valence-electron chi connectivity index (χ3n) is 1.06. The van der Waals surface area contributed by atoms with Gasteiger partial charge in [0, 0.05) is 0 Å². The maximum Gasteiger partial charge on any atom is 0.340 e. The molecule has 14 heavy (non-hydrogen) atoms. The molecule has 0 saturated heterocycles. The third-order valence-corrected chi connectivity index (χ3v) is 2.27. The number of hydrogen-bond acceptors (Lipinski definition) is 3. The normalized spacial score (nSPS) is 11.9. The average Bonchev–Trinajstić information content (AvgIpc) is 1.79. The lowest BCUT2D eigenvalue weighted by molar-refractivity contribution is -0.143.